The normalized spacial score (nSPS) is 11.1. The van der Waals surface area contributed by atoms with Crippen molar-refractivity contribution >= 4 is 27.3 Å². The molecular weight excluding hydrogens is 340 g/mol. The number of rotatable bonds is 5. The van der Waals surface area contributed by atoms with E-state index in [1.165, 1.54) is 31.2 Å². The minimum atomic E-state index is -3.71. The van der Waals surface area contributed by atoms with Crippen LogP contribution in [-0.4, -0.2) is 24.1 Å². The van der Waals surface area contributed by atoms with Crippen LogP contribution in [0.25, 0.3) is 5.69 Å². The fourth-order valence-corrected chi connectivity index (χ4v) is 3.30. The lowest BCUT2D eigenvalue weighted by Gasteiger charge is -2.10. The zero-order valence-electron chi connectivity index (χ0n) is 13.4. The van der Waals surface area contributed by atoms with E-state index >= 15 is 0 Å². The van der Waals surface area contributed by atoms with E-state index in [1.807, 2.05) is 0 Å². The molecule has 0 unspecified atom stereocenters. The Morgan fingerprint density at radius 2 is 1.64 bits per heavy atom. The maximum Gasteiger partial charge on any atom is 0.261 e. The van der Waals surface area contributed by atoms with Crippen LogP contribution in [0.3, 0.4) is 0 Å². The predicted octanol–water partition coefficient (Wildman–Crippen LogP) is 2.63. The number of sulfonamides is 1. The number of nitrogens with zero attached hydrogens (tertiary/aromatic N) is 2. The zero-order chi connectivity index (χ0) is 17.9. The Balaban J connectivity index is 1.75. The highest BCUT2D eigenvalue weighted by atomic mass is 32.2. The highest BCUT2D eigenvalue weighted by Gasteiger charge is 2.14. The number of anilines is 2. The largest absolute Gasteiger partial charge is 0.326 e. The van der Waals surface area contributed by atoms with Crippen molar-refractivity contribution in [1.29, 1.82) is 0 Å². The monoisotopic (exact) mass is 356 g/mol. The molecular formula is C17H16N4O3S. The average Bonchev–Trinajstić information content (AvgIpc) is 3.09. The summed E-state index contributed by atoms with van der Waals surface area (Å²) in [5.74, 6) is -0.217. The molecule has 0 bridgehead atoms. The Morgan fingerprint density at radius 1 is 1.00 bits per heavy atom. The summed E-state index contributed by atoms with van der Waals surface area (Å²) in [6.07, 6.45) is 3.47. The summed E-state index contributed by atoms with van der Waals surface area (Å²) < 4.78 is 29.1. The van der Waals surface area contributed by atoms with Gasteiger partial charge in [-0.15, -0.1) is 0 Å². The molecule has 1 heterocycles. The van der Waals surface area contributed by atoms with Crippen LogP contribution in [0.15, 0.2) is 71.9 Å². The molecule has 0 aliphatic rings. The molecule has 3 rings (SSSR count). The second-order valence-corrected chi connectivity index (χ2v) is 6.99. The van der Waals surface area contributed by atoms with Crippen LogP contribution in [0, 0.1) is 0 Å². The van der Waals surface area contributed by atoms with Gasteiger partial charge in [-0.25, -0.2) is 13.1 Å². The molecule has 2 aromatic carbocycles. The molecule has 0 aliphatic carbocycles. The number of aromatic nitrogens is 2. The number of carbonyl (C=O) groups is 1. The number of amides is 1. The summed E-state index contributed by atoms with van der Waals surface area (Å²) in [5, 5.41) is 6.71. The maximum atomic E-state index is 12.4. The summed E-state index contributed by atoms with van der Waals surface area (Å²) in [5.41, 5.74) is 1.81. The molecule has 7 nitrogen and oxygen atoms in total. The molecule has 0 atom stereocenters. The first-order valence-electron chi connectivity index (χ1n) is 7.45. The van der Waals surface area contributed by atoms with Crippen molar-refractivity contribution in [2.75, 3.05) is 10.0 Å². The zero-order valence-corrected chi connectivity index (χ0v) is 14.2. The van der Waals surface area contributed by atoms with Gasteiger partial charge >= 0.3 is 0 Å². The molecule has 1 amide bonds. The van der Waals surface area contributed by atoms with Crippen LogP contribution >= 0.6 is 0 Å². The molecule has 1 aromatic heterocycles. The first kappa shape index (κ1) is 16.7. The first-order valence-corrected chi connectivity index (χ1v) is 8.93. The molecule has 128 valence electrons. The number of carbonyl (C=O) groups excluding carboxylic acids is 1. The van der Waals surface area contributed by atoms with Gasteiger partial charge in [0, 0.05) is 30.7 Å². The van der Waals surface area contributed by atoms with Crippen LogP contribution in [0.4, 0.5) is 11.4 Å². The van der Waals surface area contributed by atoms with Crippen LogP contribution < -0.4 is 10.0 Å². The fourth-order valence-electron chi connectivity index (χ4n) is 2.24. The van der Waals surface area contributed by atoms with E-state index in [-0.39, 0.29) is 10.8 Å². The third kappa shape index (κ3) is 4.04. The molecule has 0 fully saturated rings. The average molecular weight is 356 g/mol. The van der Waals surface area contributed by atoms with Gasteiger partial charge in [0.2, 0.25) is 5.91 Å². The molecule has 25 heavy (non-hydrogen) atoms. The first-order chi connectivity index (χ1) is 11.9. The van der Waals surface area contributed by atoms with Gasteiger partial charge in [-0.1, -0.05) is 0 Å². The number of nitrogens with one attached hydrogen (secondary N) is 2. The summed E-state index contributed by atoms with van der Waals surface area (Å²) in [4.78, 5) is 11.1. The van der Waals surface area contributed by atoms with Gasteiger partial charge in [0.05, 0.1) is 10.6 Å². The van der Waals surface area contributed by atoms with Gasteiger partial charge < -0.3 is 5.32 Å². The number of hydrogen-bond acceptors (Lipinski definition) is 4. The molecule has 2 N–H and O–H groups in total. The van der Waals surface area contributed by atoms with Gasteiger partial charge in [0.15, 0.2) is 0 Å². The summed E-state index contributed by atoms with van der Waals surface area (Å²) in [6.45, 7) is 1.39. The van der Waals surface area contributed by atoms with E-state index in [4.69, 9.17) is 0 Å². The fraction of sp³-hybridized carbons (Fsp3) is 0.0588. The van der Waals surface area contributed by atoms with Crippen LogP contribution in [0.1, 0.15) is 6.92 Å². The van der Waals surface area contributed by atoms with E-state index in [9.17, 15) is 13.2 Å². The van der Waals surface area contributed by atoms with E-state index in [2.05, 4.69) is 15.1 Å². The quantitative estimate of drug-likeness (QED) is 0.735. The minimum absolute atomic E-state index is 0.109. The molecule has 0 saturated carbocycles. The SMILES string of the molecule is CC(=O)Nc1ccc(S(=O)(=O)Nc2ccc(-n3cccn3)cc2)cc1. The van der Waals surface area contributed by atoms with Crippen molar-refractivity contribution in [2.45, 2.75) is 11.8 Å². The van der Waals surface area contributed by atoms with Crippen molar-refractivity contribution in [1.82, 2.24) is 9.78 Å². The topological polar surface area (TPSA) is 93.1 Å². The maximum absolute atomic E-state index is 12.4. The lowest BCUT2D eigenvalue weighted by Crippen LogP contribution is -2.13. The van der Waals surface area contributed by atoms with E-state index < -0.39 is 10.0 Å². The molecule has 0 spiro atoms. The third-order valence-corrected chi connectivity index (χ3v) is 4.77. The molecule has 0 saturated heterocycles. The minimum Gasteiger partial charge on any atom is -0.326 e. The second-order valence-electron chi connectivity index (χ2n) is 5.31. The van der Waals surface area contributed by atoms with Crippen LogP contribution in [0.5, 0.6) is 0 Å². The third-order valence-electron chi connectivity index (χ3n) is 3.37. The molecule has 0 radical (unpaired) electrons. The van der Waals surface area contributed by atoms with Crippen LogP contribution in [-0.2, 0) is 14.8 Å². The Hall–Kier alpha value is -3.13. The van der Waals surface area contributed by atoms with Crippen molar-refractivity contribution < 1.29 is 13.2 Å². The van der Waals surface area contributed by atoms with Crippen molar-refractivity contribution in [3.63, 3.8) is 0 Å². The Bertz CT molecular complexity index is 964. The summed E-state index contributed by atoms with van der Waals surface area (Å²) in [7, 11) is -3.71. The van der Waals surface area contributed by atoms with Crippen molar-refractivity contribution in [2.24, 2.45) is 0 Å². The second kappa shape index (κ2) is 6.78. The highest BCUT2D eigenvalue weighted by Crippen LogP contribution is 2.19. The van der Waals surface area contributed by atoms with Crippen molar-refractivity contribution in [3.8, 4) is 5.69 Å². The Kier molecular flexibility index (Phi) is 4.53. The van der Waals surface area contributed by atoms with Crippen LogP contribution in [0.2, 0.25) is 0 Å². The van der Waals surface area contributed by atoms with Crippen molar-refractivity contribution in [3.05, 3.63) is 67.0 Å². The smallest absolute Gasteiger partial charge is 0.261 e. The summed E-state index contributed by atoms with van der Waals surface area (Å²) in [6, 6.07) is 14.6. The molecule has 8 heteroatoms. The predicted molar refractivity (Wildman–Crippen MR) is 95.1 cm³/mol. The standard InChI is InChI=1S/C17H16N4O3S/c1-13(22)19-14-5-9-17(10-6-14)25(23,24)20-15-3-7-16(8-4-15)21-12-2-11-18-21/h2-12,20H,1H3,(H,19,22). The lowest BCUT2D eigenvalue weighted by molar-refractivity contribution is -0.114. The number of hydrogen-bond donors (Lipinski definition) is 2. The van der Waals surface area contributed by atoms with Gasteiger partial charge in [-0.2, -0.15) is 5.10 Å². The highest BCUT2D eigenvalue weighted by molar-refractivity contribution is 7.92. The lowest BCUT2D eigenvalue weighted by atomic mass is 10.3. The summed E-state index contributed by atoms with van der Waals surface area (Å²) >= 11 is 0. The molecule has 0 aliphatic heterocycles. The number of benzene rings is 2. The van der Waals surface area contributed by atoms with E-state index in [1.54, 1.807) is 47.4 Å². The van der Waals surface area contributed by atoms with Gasteiger partial charge in [-0.05, 0) is 54.6 Å². The van der Waals surface area contributed by atoms with Gasteiger partial charge in [0.25, 0.3) is 10.0 Å². The van der Waals surface area contributed by atoms with E-state index in [0.29, 0.717) is 11.4 Å². The van der Waals surface area contributed by atoms with Gasteiger partial charge in [0.1, 0.15) is 0 Å². The van der Waals surface area contributed by atoms with E-state index in [0.717, 1.165) is 5.69 Å². The Labute approximate surface area is 145 Å². The molecule has 3 aromatic rings. The van der Waals surface area contributed by atoms with Gasteiger partial charge in [-0.3, -0.25) is 9.52 Å². The Morgan fingerprint density at radius 3 is 2.20 bits per heavy atom.